The van der Waals surface area contributed by atoms with Gasteiger partial charge in [-0.15, -0.1) is 11.3 Å². The van der Waals surface area contributed by atoms with Crippen LogP contribution >= 0.6 is 11.3 Å². The van der Waals surface area contributed by atoms with Crippen molar-refractivity contribution < 1.29 is 0 Å². The maximum Gasteiger partial charge on any atom is 0.0565 e. The molecule has 3 heterocycles. The summed E-state index contributed by atoms with van der Waals surface area (Å²) in [5.74, 6) is 0. The molecule has 106 valence electrons. The van der Waals surface area contributed by atoms with Crippen molar-refractivity contribution in [3.63, 3.8) is 0 Å². The van der Waals surface area contributed by atoms with E-state index in [1.807, 2.05) is 11.3 Å². The highest BCUT2D eigenvalue weighted by Gasteiger charge is 2.33. The minimum Gasteiger partial charge on any atom is -0.329 e. The van der Waals surface area contributed by atoms with Gasteiger partial charge in [0.25, 0.3) is 0 Å². The van der Waals surface area contributed by atoms with Crippen molar-refractivity contribution in [2.24, 2.45) is 5.73 Å². The Balaban J connectivity index is 1.71. The molecule has 2 unspecified atom stereocenters. The van der Waals surface area contributed by atoms with Crippen LogP contribution in [0.15, 0.2) is 12.1 Å². The largest absolute Gasteiger partial charge is 0.329 e. The van der Waals surface area contributed by atoms with Gasteiger partial charge in [0.1, 0.15) is 0 Å². The van der Waals surface area contributed by atoms with Crippen molar-refractivity contribution in [3.05, 3.63) is 21.9 Å². The molecule has 0 saturated carbocycles. The molecule has 1 aromatic rings. The Hall–Kier alpha value is -0.420. The molecule has 0 bridgehead atoms. The molecule has 19 heavy (non-hydrogen) atoms. The maximum absolute atomic E-state index is 6.07. The molecule has 0 spiro atoms. The van der Waals surface area contributed by atoms with Gasteiger partial charge in [-0.05, 0) is 37.9 Å². The van der Waals surface area contributed by atoms with Gasteiger partial charge in [0.15, 0.2) is 0 Å². The smallest absolute Gasteiger partial charge is 0.0565 e. The van der Waals surface area contributed by atoms with E-state index in [9.17, 15) is 0 Å². The second kappa shape index (κ2) is 5.92. The summed E-state index contributed by atoms with van der Waals surface area (Å²) in [7, 11) is 0. The van der Waals surface area contributed by atoms with Crippen LogP contribution in [-0.4, -0.2) is 48.6 Å². The lowest BCUT2D eigenvalue weighted by atomic mass is 10.1. The minimum absolute atomic E-state index is 0.438. The predicted molar refractivity (Wildman–Crippen MR) is 81.7 cm³/mol. The van der Waals surface area contributed by atoms with Crippen LogP contribution in [0.4, 0.5) is 0 Å². The van der Waals surface area contributed by atoms with Gasteiger partial charge < -0.3 is 5.73 Å². The Bertz CT molecular complexity index is 417. The van der Waals surface area contributed by atoms with Gasteiger partial charge in [-0.25, -0.2) is 0 Å². The molecule has 3 rings (SSSR count). The van der Waals surface area contributed by atoms with Crippen LogP contribution in [0.25, 0.3) is 0 Å². The summed E-state index contributed by atoms with van der Waals surface area (Å²) in [6.07, 6.45) is 3.89. The van der Waals surface area contributed by atoms with Gasteiger partial charge in [0, 0.05) is 42.0 Å². The molecule has 2 atom stereocenters. The number of thiophene rings is 1. The average Bonchev–Trinajstić information content (AvgIpc) is 3.07. The van der Waals surface area contributed by atoms with Crippen LogP contribution < -0.4 is 5.73 Å². The number of nitrogens with two attached hydrogens (primary N) is 1. The highest BCUT2D eigenvalue weighted by molar-refractivity contribution is 7.12. The molecular formula is C15H25N3S. The molecule has 3 nitrogen and oxygen atoms in total. The van der Waals surface area contributed by atoms with Gasteiger partial charge >= 0.3 is 0 Å². The van der Waals surface area contributed by atoms with Crippen LogP contribution in [0, 0.1) is 0 Å². The lowest BCUT2D eigenvalue weighted by molar-refractivity contribution is 0.0748. The molecular weight excluding hydrogens is 254 g/mol. The average molecular weight is 279 g/mol. The Labute approximate surface area is 120 Å². The molecule has 1 aromatic heterocycles. The third-order valence-corrected chi connectivity index (χ3v) is 5.97. The van der Waals surface area contributed by atoms with E-state index >= 15 is 0 Å². The van der Waals surface area contributed by atoms with Gasteiger partial charge in [-0.3, -0.25) is 9.80 Å². The van der Waals surface area contributed by atoms with E-state index in [0.717, 1.165) is 19.0 Å². The normalized spacial score (nSPS) is 26.5. The highest BCUT2D eigenvalue weighted by atomic mass is 32.1. The summed E-state index contributed by atoms with van der Waals surface area (Å²) < 4.78 is 0. The van der Waals surface area contributed by atoms with Gasteiger partial charge in [0.05, 0.1) is 6.04 Å². The first-order chi connectivity index (χ1) is 9.31. The van der Waals surface area contributed by atoms with Crippen LogP contribution in [0.1, 0.15) is 35.6 Å². The second-order valence-electron chi connectivity index (χ2n) is 5.74. The second-order valence-corrected chi connectivity index (χ2v) is 6.94. The van der Waals surface area contributed by atoms with Crippen LogP contribution in [0.3, 0.4) is 0 Å². The van der Waals surface area contributed by atoms with Crippen molar-refractivity contribution in [2.75, 3.05) is 32.7 Å². The zero-order valence-corrected chi connectivity index (χ0v) is 12.7. The number of hydrogen-bond acceptors (Lipinski definition) is 4. The summed E-state index contributed by atoms with van der Waals surface area (Å²) in [6.45, 7) is 7.90. The number of nitrogens with zero attached hydrogens (tertiary/aromatic N) is 2. The van der Waals surface area contributed by atoms with E-state index in [4.69, 9.17) is 5.73 Å². The Morgan fingerprint density at radius 3 is 3.00 bits per heavy atom. The number of fused-ring (bicyclic) bond motifs is 1. The van der Waals surface area contributed by atoms with Crippen molar-refractivity contribution in [2.45, 2.75) is 38.3 Å². The van der Waals surface area contributed by atoms with Crippen molar-refractivity contribution >= 4 is 11.3 Å². The summed E-state index contributed by atoms with van der Waals surface area (Å²) >= 11 is 1.95. The summed E-state index contributed by atoms with van der Waals surface area (Å²) in [5.41, 5.74) is 6.07. The number of hydrogen-bond donors (Lipinski definition) is 1. The first-order valence-electron chi connectivity index (χ1n) is 7.58. The molecule has 0 amide bonds. The molecule has 0 radical (unpaired) electrons. The molecule has 2 fully saturated rings. The number of rotatable bonds is 4. The van der Waals surface area contributed by atoms with Crippen LogP contribution in [0.2, 0.25) is 0 Å². The fourth-order valence-electron chi connectivity index (χ4n) is 3.51. The Kier molecular flexibility index (Phi) is 4.22. The summed E-state index contributed by atoms with van der Waals surface area (Å²) in [6, 6.07) is 5.79. The van der Waals surface area contributed by atoms with Crippen LogP contribution in [-0.2, 0) is 6.42 Å². The maximum atomic E-state index is 6.07. The van der Waals surface area contributed by atoms with Gasteiger partial charge in [-0.1, -0.05) is 6.92 Å². The first-order valence-corrected chi connectivity index (χ1v) is 8.40. The predicted octanol–water partition coefficient (Wildman–Crippen LogP) is 2.09. The lowest BCUT2D eigenvalue weighted by Crippen LogP contribution is -2.52. The van der Waals surface area contributed by atoms with E-state index in [0.29, 0.717) is 6.04 Å². The van der Waals surface area contributed by atoms with E-state index < -0.39 is 0 Å². The number of piperazine rings is 1. The Morgan fingerprint density at radius 1 is 1.37 bits per heavy atom. The summed E-state index contributed by atoms with van der Waals surface area (Å²) in [5, 5.41) is 0. The lowest BCUT2D eigenvalue weighted by Gasteiger charge is -2.41. The molecule has 2 aliphatic heterocycles. The standard InChI is InChI=1S/C15H25N3S/c1-2-13-5-6-15(19-13)14(10-16)18-9-8-17-7-3-4-12(17)11-18/h5-6,12,14H,2-4,7-11,16H2,1H3. The molecule has 0 aliphatic carbocycles. The molecule has 2 saturated heterocycles. The zero-order chi connectivity index (χ0) is 13.2. The molecule has 2 N–H and O–H groups in total. The van der Waals surface area contributed by atoms with Gasteiger partial charge in [-0.2, -0.15) is 0 Å². The monoisotopic (exact) mass is 279 g/mol. The number of aryl methyl sites for hydroxylation is 1. The molecule has 2 aliphatic rings. The first kappa shape index (κ1) is 13.6. The zero-order valence-electron chi connectivity index (χ0n) is 11.8. The van der Waals surface area contributed by atoms with Crippen molar-refractivity contribution in [1.82, 2.24) is 9.80 Å². The SMILES string of the molecule is CCc1ccc(C(CN)N2CCN3CCCC3C2)s1. The van der Waals surface area contributed by atoms with E-state index in [-0.39, 0.29) is 0 Å². The minimum atomic E-state index is 0.438. The fourth-order valence-corrected chi connectivity index (χ4v) is 4.61. The van der Waals surface area contributed by atoms with Gasteiger partial charge in [0.2, 0.25) is 0 Å². The van der Waals surface area contributed by atoms with Crippen molar-refractivity contribution in [3.8, 4) is 0 Å². The quantitative estimate of drug-likeness (QED) is 0.916. The summed E-state index contributed by atoms with van der Waals surface area (Å²) in [4.78, 5) is 8.23. The highest BCUT2D eigenvalue weighted by Crippen LogP contribution is 2.31. The van der Waals surface area contributed by atoms with E-state index in [1.165, 1.54) is 48.8 Å². The topological polar surface area (TPSA) is 32.5 Å². The van der Waals surface area contributed by atoms with E-state index in [1.54, 1.807) is 0 Å². The third-order valence-electron chi connectivity index (χ3n) is 4.64. The molecule has 0 aromatic carbocycles. The van der Waals surface area contributed by atoms with Crippen LogP contribution in [0.5, 0.6) is 0 Å². The fraction of sp³-hybridized carbons (Fsp3) is 0.733. The van der Waals surface area contributed by atoms with E-state index in [2.05, 4.69) is 28.9 Å². The third kappa shape index (κ3) is 2.72. The Morgan fingerprint density at radius 2 is 2.26 bits per heavy atom. The van der Waals surface area contributed by atoms with Crippen molar-refractivity contribution in [1.29, 1.82) is 0 Å². The molecule has 4 heteroatoms.